The molecule has 1 rings (SSSR count). The normalized spacial score (nSPS) is 20.0. The van der Waals surface area contributed by atoms with E-state index in [9.17, 15) is 18.0 Å². The lowest BCUT2D eigenvalue weighted by Crippen LogP contribution is -2.19. The van der Waals surface area contributed by atoms with E-state index in [0.717, 1.165) is 24.4 Å². The number of carboxylic acids is 1. The van der Waals surface area contributed by atoms with Crippen molar-refractivity contribution in [1.29, 1.82) is 0 Å². The summed E-state index contributed by atoms with van der Waals surface area (Å²) in [6, 6.07) is 0. The molecule has 7 heteroatoms. The van der Waals surface area contributed by atoms with Crippen molar-refractivity contribution < 1.29 is 27.8 Å². The third-order valence-corrected chi connectivity index (χ3v) is 2.56. The highest BCUT2D eigenvalue weighted by Crippen LogP contribution is 2.29. The van der Waals surface area contributed by atoms with Crippen molar-refractivity contribution in [3.8, 4) is 0 Å². The minimum atomic E-state index is -4.37. The van der Waals surface area contributed by atoms with Gasteiger partial charge >= 0.3 is 12.1 Å². The smallest absolute Gasteiger partial charge is 0.416 e. The maximum absolute atomic E-state index is 12.4. The summed E-state index contributed by atoms with van der Waals surface area (Å²) in [6.45, 7) is 4.80. The number of halogens is 3. The fourth-order valence-corrected chi connectivity index (χ4v) is 1.50. The van der Waals surface area contributed by atoms with E-state index in [2.05, 4.69) is 11.6 Å². The molecule has 0 fully saturated rings. The molecule has 0 aromatic heterocycles. The van der Waals surface area contributed by atoms with Crippen LogP contribution in [0.4, 0.5) is 13.2 Å². The van der Waals surface area contributed by atoms with Crippen LogP contribution in [0.1, 0.15) is 13.3 Å². The number of nitrogens with zero attached hydrogens (tertiary/aromatic N) is 1. The maximum atomic E-state index is 12.4. The third-order valence-electron chi connectivity index (χ3n) is 2.56. The van der Waals surface area contributed by atoms with E-state index < -0.39 is 23.8 Å². The Labute approximate surface area is 119 Å². The van der Waals surface area contributed by atoms with Crippen LogP contribution in [-0.4, -0.2) is 29.3 Å². The quantitative estimate of drug-likeness (QED) is 0.375. The number of carbonyl (C=O) groups is 1. The van der Waals surface area contributed by atoms with Gasteiger partial charge in [-0.25, -0.2) is 9.79 Å². The van der Waals surface area contributed by atoms with Crippen LogP contribution in [0.3, 0.4) is 0 Å². The lowest BCUT2D eigenvalue weighted by molar-refractivity contribution is -0.132. The van der Waals surface area contributed by atoms with Gasteiger partial charge in [-0.15, -0.1) is 0 Å². The van der Waals surface area contributed by atoms with Crippen molar-refractivity contribution in [2.75, 3.05) is 0 Å². The van der Waals surface area contributed by atoms with Crippen LogP contribution in [0.5, 0.6) is 0 Å². The Morgan fingerprint density at radius 2 is 2.24 bits per heavy atom. The predicted molar refractivity (Wildman–Crippen MR) is 71.8 cm³/mol. The summed E-state index contributed by atoms with van der Waals surface area (Å²) >= 11 is 0. The maximum Gasteiger partial charge on any atom is 0.416 e. The number of aliphatic carboxylic acids is 1. The van der Waals surface area contributed by atoms with Crippen molar-refractivity contribution in [1.82, 2.24) is 0 Å². The number of aliphatic imine (C=N–C) groups is 1. The lowest BCUT2D eigenvalue weighted by Gasteiger charge is -2.18. The first-order valence-corrected chi connectivity index (χ1v) is 5.96. The second-order valence-electron chi connectivity index (χ2n) is 4.15. The van der Waals surface area contributed by atoms with E-state index in [-0.39, 0.29) is 17.9 Å². The molecule has 0 saturated carbocycles. The molecule has 1 aliphatic rings. The van der Waals surface area contributed by atoms with Gasteiger partial charge in [-0.1, -0.05) is 24.8 Å². The summed E-state index contributed by atoms with van der Waals surface area (Å²) in [5.74, 6) is -1.04. The lowest BCUT2D eigenvalue weighted by atomic mass is 10.0. The van der Waals surface area contributed by atoms with Crippen LogP contribution in [-0.2, 0) is 9.53 Å². The molecule has 1 unspecified atom stereocenters. The summed E-state index contributed by atoms with van der Waals surface area (Å²) in [5.41, 5.74) is -0.826. The Balaban J connectivity index is 2.65. The van der Waals surface area contributed by atoms with Crippen molar-refractivity contribution in [3.05, 3.63) is 48.2 Å². The zero-order chi connectivity index (χ0) is 16.0. The first-order chi connectivity index (χ1) is 9.74. The standard InChI is InChI=1S/C14H14F3NO3/c1-3-10(13(19)20)8-18-9(2)21-12-6-4-11(5-7-12)14(15,16)17/h3-6,8,12H,1,7H2,2H3,(H,19,20)/b10-8+,18-9?. The molecule has 0 aromatic carbocycles. The molecule has 0 radical (unpaired) electrons. The molecule has 114 valence electrons. The Morgan fingerprint density at radius 1 is 1.57 bits per heavy atom. The highest BCUT2D eigenvalue weighted by atomic mass is 19.4. The van der Waals surface area contributed by atoms with Gasteiger partial charge in [0.15, 0.2) is 5.90 Å². The number of allylic oxidation sites excluding steroid dienone is 2. The average Bonchev–Trinajstić information content (AvgIpc) is 2.38. The first-order valence-electron chi connectivity index (χ1n) is 5.96. The summed E-state index contributed by atoms with van der Waals surface area (Å²) in [5, 5.41) is 8.74. The van der Waals surface area contributed by atoms with E-state index in [4.69, 9.17) is 9.84 Å². The predicted octanol–water partition coefficient (Wildman–Crippen LogP) is 3.39. The van der Waals surface area contributed by atoms with Crippen LogP contribution >= 0.6 is 0 Å². The number of rotatable bonds is 4. The molecule has 0 saturated heterocycles. The molecule has 1 atom stereocenters. The van der Waals surface area contributed by atoms with Gasteiger partial charge in [0.2, 0.25) is 0 Å². The number of carboxylic acid groups (broad SMARTS) is 1. The van der Waals surface area contributed by atoms with Crippen LogP contribution < -0.4 is 0 Å². The van der Waals surface area contributed by atoms with Gasteiger partial charge in [-0.2, -0.15) is 13.2 Å². The summed E-state index contributed by atoms with van der Waals surface area (Å²) in [6.07, 6.45) is 0.598. The minimum Gasteiger partial charge on any atom is -0.478 e. The highest BCUT2D eigenvalue weighted by molar-refractivity contribution is 5.90. The van der Waals surface area contributed by atoms with Gasteiger partial charge in [-0.05, 0) is 6.08 Å². The number of alkyl halides is 3. The fourth-order valence-electron chi connectivity index (χ4n) is 1.50. The molecule has 0 bridgehead atoms. The Bertz CT molecular complexity index is 542. The summed E-state index contributed by atoms with van der Waals surface area (Å²) < 4.78 is 42.5. The Kier molecular flexibility index (Phi) is 5.52. The molecule has 0 aliphatic heterocycles. The van der Waals surface area contributed by atoms with E-state index >= 15 is 0 Å². The number of ether oxygens (including phenoxy) is 1. The van der Waals surface area contributed by atoms with Crippen molar-refractivity contribution in [3.63, 3.8) is 0 Å². The molecule has 0 aromatic rings. The monoisotopic (exact) mass is 301 g/mol. The van der Waals surface area contributed by atoms with Crippen molar-refractivity contribution in [2.45, 2.75) is 25.6 Å². The van der Waals surface area contributed by atoms with E-state index in [1.165, 1.54) is 13.0 Å². The van der Waals surface area contributed by atoms with E-state index in [1.807, 2.05) is 0 Å². The summed E-state index contributed by atoms with van der Waals surface area (Å²) in [7, 11) is 0. The molecule has 4 nitrogen and oxygen atoms in total. The van der Waals surface area contributed by atoms with Gasteiger partial charge < -0.3 is 9.84 Å². The average molecular weight is 301 g/mol. The molecular weight excluding hydrogens is 287 g/mol. The van der Waals surface area contributed by atoms with Crippen LogP contribution in [0.15, 0.2) is 53.2 Å². The van der Waals surface area contributed by atoms with Gasteiger partial charge in [0, 0.05) is 19.5 Å². The van der Waals surface area contributed by atoms with Gasteiger partial charge in [0.25, 0.3) is 0 Å². The van der Waals surface area contributed by atoms with Gasteiger partial charge in [-0.3, -0.25) is 0 Å². The molecule has 1 aliphatic carbocycles. The van der Waals surface area contributed by atoms with Gasteiger partial charge in [0.05, 0.1) is 11.1 Å². The first kappa shape index (κ1) is 16.7. The fraction of sp³-hybridized carbons (Fsp3) is 0.286. The minimum absolute atomic E-state index is 0.0646. The SMILES string of the molecule is C=C/C(=C\N=C(C)OC1C=CC(C(F)(F)F)=CC1)C(=O)O. The number of hydrogen-bond donors (Lipinski definition) is 1. The van der Waals surface area contributed by atoms with Gasteiger partial charge in [0.1, 0.15) is 6.10 Å². The van der Waals surface area contributed by atoms with E-state index in [1.54, 1.807) is 0 Å². The number of hydrogen-bond acceptors (Lipinski definition) is 3. The van der Waals surface area contributed by atoms with Crippen LogP contribution in [0.25, 0.3) is 0 Å². The van der Waals surface area contributed by atoms with Crippen molar-refractivity contribution in [2.24, 2.45) is 4.99 Å². The van der Waals surface area contributed by atoms with Crippen LogP contribution in [0, 0.1) is 0 Å². The molecule has 21 heavy (non-hydrogen) atoms. The van der Waals surface area contributed by atoms with E-state index in [0.29, 0.717) is 0 Å². The Hall–Kier alpha value is -2.31. The van der Waals surface area contributed by atoms with Crippen LogP contribution in [0.2, 0.25) is 0 Å². The summed E-state index contributed by atoms with van der Waals surface area (Å²) in [4.78, 5) is 14.5. The highest BCUT2D eigenvalue weighted by Gasteiger charge is 2.33. The largest absolute Gasteiger partial charge is 0.478 e. The second kappa shape index (κ2) is 6.92. The Morgan fingerprint density at radius 3 is 2.67 bits per heavy atom. The second-order valence-corrected chi connectivity index (χ2v) is 4.15. The zero-order valence-corrected chi connectivity index (χ0v) is 11.2. The molecule has 1 N–H and O–H groups in total. The van der Waals surface area contributed by atoms with Crippen molar-refractivity contribution >= 4 is 11.9 Å². The zero-order valence-electron chi connectivity index (χ0n) is 11.2. The molecule has 0 spiro atoms. The molecule has 0 heterocycles. The molecule has 0 amide bonds. The third kappa shape index (κ3) is 5.29. The topological polar surface area (TPSA) is 58.9 Å². The molecular formula is C14H14F3NO3.